The van der Waals surface area contributed by atoms with Gasteiger partial charge in [0.15, 0.2) is 6.04 Å². The van der Waals surface area contributed by atoms with Crippen molar-refractivity contribution in [1.29, 1.82) is 0 Å². The Labute approximate surface area is 110 Å². The Morgan fingerprint density at radius 1 is 1.44 bits per heavy atom. The van der Waals surface area contributed by atoms with Gasteiger partial charge in [0, 0.05) is 0 Å². The molecule has 1 amide bonds. The number of carboxylic acid groups (broad SMARTS) is 1. The van der Waals surface area contributed by atoms with Gasteiger partial charge in [0.05, 0.1) is 10.9 Å². The van der Waals surface area contributed by atoms with Crippen molar-refractivity contribution in [3.63, 3.8) is 0 Å². The van der Waals surface area contributed by atoms with Gasteiger partial charge >= 0.3 is 5.97 Å². The Balaban J connectivity index is 2.64. The number of hydrogen-bond acceptors (Lipinski definition) is 2. The molecule has 1 aromatic carbocycles. The predicted molar refractivity (Wildman–Crippen MR) is 63.3 cm³/mol. The van der Waals surface area contributed by atoms with Crippen LogP contribution in [0.5, 0.6) is 0 Å². The van der Waals surface area contributed by atoms with Gasteiger partial charge in [0.25, 0.3) is 0 Å². The number of benzene rings is 1. The summed E-state index contributed by atoms with van der Waals surface area (Å²) in [5, 5.41) is 10.5. The van der Waals surface area contributed by atoms with Crippen LogP contribution in [0.15, 0.2) is 22.7 Å². The highest BCUT2D eigenvalue weighted by Crippen LogP contribution is 2.16. The molecule has 1 aromatic rings. The van der Waals surface area contributed by atoms with Crippen molar-refractivity contribution in [3.8, 4) is 0 Å². The Bertz CT molecular complexity index is 468. The van der Waals surface area contributed by atoms with Crippen molar-refractivity contribution in [3.05, 3.63) is 34.1 Å². The van der Waals surface area contributed by atoms with E-state index in [2.05, 4.69) is 15.9 Å². The number of hydrogen-bond donors (Lipinski definition) is 2. The molecule has 0 spiro atoms. The summed E-state index contributed by atoms with van der Waals surface area (Å²) in [4.78, 5) is 21.9. The maximum Gasteiger partial charge on any atom is 0.328 e. The quantitative estimate of drug-likeness (QED) is 0.867. The van der Waals surface area contributed by atoms with Gasteiger partial charge in [-0.3, -0.25) is 4.79 Å². The molecule has 0 saturated carbocycles. The smallest absolute Gasteiger partial charge is 0.328 e. The lowest BCUT2D eigenvalue weighted by Gasteiger charge is -2.10. The minimum absolute atomic E-state index is 0.214. The Morgan fingerprint density at radius 2 is 2.11 bits per heavy atom. The molecule has 4 nitrogen and oxygen atoms in total. The standard InChI is InChI=1S/C11H10BrF2NO3/c12-7-2-1-6(3-8(7)14)4-10(16)15-9(5-13)11(17)18/h1-3,9H,4-5H2,(H,15,16)(H,17,18). The third-order valence-corrected chi connectivity index (χ3v) is 2.78. The van der Waals surface area contributed by atoms with Crippen LogP contribution in [0, 0.1) is 5.82 Å². The van der Waals surface area contributed by atoms with Crippen LogP contribution in [-0.4, -0.2) is 29.7 Å². The van der Waals surface area contributed by atoms with Crippen molar-refractivity contribution in [1.82, 2.24) is 5.32 Å². The maximum absolute atomic E-state index is 13.2. The third kappa shape index (κ3) is 4.06. The largest absolute Gasteiger partial charge is 0.480 e. The molecule has 0 bridgehead atoms. The van der Waals surface area contributed by atoms with Gasteiger partial charge in [0.2, 0.25) is 5.91 Å². The first-order chi connectivity index (χ1) is 8.43. The molecule has 1 unspecified atom stereocenters. The minimum Gasteiger partial charge on any atom is -0.480 e. The van der Waals surface area contributed by atoms with Crippen LogP contribution in [0.1, 0.15) is 5.56 Å². The van der Waals surface area contributed by atoms with E-state index in [1.54, 1.807) is 0 Å². The predicted octanol–water partition coefficient (Wildman–Crippen LogP) is 1.67. The van der Waals surface area contributed by atoms with Gasteiger partial charge in [-0.2, -0.15) is 0 Å². The number of carbonyl (C=O) groups excluding carboxylic acids is 1. The number of carboxylic acids is 1. The topological polar surface area (TPSA) is 66.4 Å². The van der Waals surface area contributed by atoms with Crippen molar-refractivity contribution < 1.29 is 23.5 Å². The summed E-state index contributed by atoms with van der Waals surface area (Å²) >= 11 is 2.96. The number of nitrogens with one attached hydrogen (secondary N) is 1. The second kappa shape index (κ2) is 6.44. The Kier molecular flexibility index (Phi) is 5.21. The summed E-state index contributed by atoms with van der Waals surface area (Å²) in [6.45, 7) is -1.20. The van der Waals surface area contributed by atoms with Crippen LogP contribution in [0.3, 0.4) is 0 Å². The molecule has 0 aliphatic carbocycles. The molecule has 0 fully saturated rings. The lowest BCUT2D eigenvalue weighted by atomic mass is 10.1. The molecule has 98 valence electrons. The van der Waals surface area contributed by atoms with Gasteiger partial charge in [-0.1, -0.05) is 6.07 Å². The SMILES string of the molecule is O=C(Cc1ccc(Br)c(F)c1)NC(CF)C(=O)O. The zero-order valence-corrected chi connectivity index (χ0v) is 10.7. The van der Waals surface area contributed by atoms with Crippen molar-refractivity contribution >= 4 is 27.8 Å². The Morgan fingerprint density at radius 3 is 2.61 bits per heavy atom. The average Bonchev–Trinajstić information content (AvgIpc) is 2.30. The molecule has 0 saturated heterocycles. The minimum atomic E-state index is -1.57. The molecule has 7 heteroatoms. The van der Waals surface area contributed by atoms with Crippen LogP contribution in [0.25, 0.3) is 0 Å². The zero-order valence-electron chi connectivity index (χ0n) is 9.12. The molecule has 0 heterocycles. The number of amides is 1. The number of alkyl halides is 1. The highest BCUT2D eigenvalue weighted by molar-refractivity contribution is 9.10. The monoisotopic (exact) mass is 321 g/mol. The molecular weight excluding hydrogens is 312 g/mol. The van der Waals surface area contributed by atoms with Gasteiger partial charge < -0.3 is 10.4 Å². The van der Waals surface area contributed by atoms with E-state index in [-0.39, 0.29) is 10.9 Å². The second-order valence-corrected chi connectivity index (χ2v) is 4.39. The molecular formula is C11H10BrF2NO3. The molecule has 0 radical (unpaired) electrons. The highest BCUT2D eigenvalue weighted by atomic mass is 79.9. The fraction of sp³-hybridized carbons (Fsp3) is 0.273. The van der Waals surface area contributed by atoms with E-state index in [1.807, 2.05) is 5.32 Å². The number of aliphatic carboxylic acids is 1. The van der Waals surface area contributed by atoms with Crippen LogP contribution in [0.2, 0.25) is 0 Å². The number of halogens is 3. The first kappa shape index (κ1) is 14.6. The first-order valence-electron chi connectivity index (χ1n) is 4.96. The number of carbonyl (C=O) groups is 2. The maximum atomic E-state index is 13.2. The molecule has 1 atom stereocenters. The summed E-state index contributed by atoms with van der Waals surface area (Å²) in [5.41, 5.74) is 0.371. The fourth-order valence-corrected chi connectivity index (χ4v) is 1.49. The number of rotatable bonds is 5. The summed E-state index contributed by atoms with van der Waals surface area (Å²) in [6.07, 6.45) is -0.214. The van der Waals surface area contributed by atoms with Gasteiger partial charge in [0.1, 0.15) is 12.5 Å². The molecule has 18 heavy (non-hydrogen) atoms. The van der Waals surface area contributed by atoms with E-state index in [4.69, 9.17) is 5.11 Å². The van der Waals surface area contributed by atoms with Crippen molar-refractivity contribution in [2.45, 2.75) is 12.5 Å². The van der Waals surface area contributed by atoms with Gasteiger partial charge in [-0.05, 0) is 33.6 Å². The van der Waals surface area contributed by atoms with E-state index in [0.29, 0.717) is 5.56 Å². The van der Waals surface area contributed by atoms with E-state index in [0.717, 1.165) is 6.07 Å². The van der Waals surface area contributed by atoms with Crippen LogP contribution in [-0.2, 0) is 16.0 Å². The molecule has 0 aromatic heterocycles. The molecule has 0 aliphatic heterocycles. The van der Waals surface area contributed by atoms with Crippen LogP contribution >= 0.6 is 15.9 Å². The lowest BCUT2D eigenvalue weighted by molar-refractivity contribution is -0.142. The second-order valence-electron chi connectivity index (χ2n) is 3.54. The summed E-state index contributed by atoms with van der Waals surface area (Å²) in [5.74, 6) is -2.66. The summed E-state index contributed by atoms with van der Waals surface area (Å²) in [7, 11) is 0. The van der Waals surface area contributed by atoms with Crippen LogP contribution in [0.4, 0.5) is 8.78 Å². The molecule has 0 aliphatic rings. The van der Waals surface area contributed by atoms with E-state index < -0.39 is 30.4 Å². The summed E-state index contributed by atoms with van der Waals surface area (Å²) in [6, 6.07) is 2.52. The molecule has 1 rings (SSSR count). The zero-order chi connectivity index (χ0) is 13.7. The highest BCUT2D eigenvalue weighted by Gasteiger charge is 2.19. The van der Waals surface area contributed by atoms with E-state index in [1.165, 1.54) is 12.1 Å². The third-order valence-electron chi connectivity index (χ3n) is 2.14. The van der Waals surface area contributed by atoms with E-state index >= 15 is 0 Å². The van der Waals surface area contributed by atoms with Crippen molar-refractivity contribution in [2.24, 2.45) is 0 Å². The van der Waals surface area contributed by atoms with Crippen molar-refractivity contribution in [2.75, 3.05) is 6.67 Å². The van der Waals surface area contributed by atoms with Crippen LogP contribution < -0.4 is 5.32 Å². The lowest BCUT2D eigenvalue weighted by Crippen LogP contribution is -2.43. The van der Waals surface area contributed by atoms with Gasteiger partial charge in [-0.15, -0.1) is 0 Å². The molecule has 2 N–H and O–H groups in total. The average molecular weight is 322 g/mol. The van der Waals surface area contributed by atoms with E-state index in [9.17, 15) is 18.4 Å². The first-order valence-corrected chi connectivity index (χ1v) is 5.75. The van der Waals surface area contributed by atoms with Gasteiger partial charge in [-0.25, -0.2) is 13.6 Å². The normalized spacial score (nSPS) is 11.9. The summed E-state index contributed by atoms with van der Waals surface area (Å²) < 4.78 is 25.7. The Hall–Kier alpha value is -1.50. The fourth-order valence-electron chi connectivity index (χ4n) is 1.25.